The van der Waals surface area contributed by atoms with E-state index in [0.29, 0.717) is 18.2 Å². The number of furan rings is 1. The molecule has 2 aromatic heterocycles. The Kier molecular flexibility index (Phi) is 4.86. The van der Waals surface area contributed by atoms with Crippen molar-refractivity contribution in [3.63, 3.8) is 0 Å². The lowest BCUT2D eigenvalue weighted by atomic mass is 10.0. The van der Waals surface area contributed by atoms with Crippen molar-refractivity contribution in [2.45, 2.75) is 26.4 Å². The molecule has 0 saturated carbocycles. The highest BCUT2D eigenvalue weighted by atomic mass is 35.5. The average molecular weight is 298 g/mol. The molecule has 0 saturated heterocycles. The zero-order chi connectivity index (χ0) is 14.7. The number of hydrogen-bond donors (Lipinski definition) is 1. The fraction of sp³-hybridized carbons (Fsp3) is 0.500. The predicted molar refractivity (Wildman–Crippen MR) is 78.2 cm³/mol. The Morgan fingerprint density at radius 2 is 2.25 bits per heavy atom. The van der Waals surface area contributed by atoms with Crippen molar-refractivity contribution in [2.24, 2.45) is 0 Å². The van der Waals surface area contributed by atoms with E-state index in [-0.39, 0.29) is 6.04 Å². The van der Waals surface area contributed by atoms with E-state index < -0.39 is 0 Å². The van der Waals surface area contributed by atoms with Gasteiger partial charge < -0.3 is 14.5 Å². The molecule has 6 heteroatoms. The summed E-state index contributed by atoms with van der Waals surface area (Å²) in [7, 11) is 3.57. The maximum atomic E-state index is 6.31. The molecule has 1 atom stereocenters. The van der Waals surface area contributed by atoms with Crippen LogP contribution in [0.25, 0.3) is 0 Å². The van der Waals surface area contributed by atoms with Crippen molar-refractivity contribution in [1.82, 2.24) is 15.1 Å². The van der Waals surface area contributed by atoms with Gasteiger partial charge in [-0.3, -0.25) is 4.68 Å². The molecule has 20 heavy (non-hydrogen) atoms. The van der Waals surface area contributed by atoms with Crippen molar-refractivity contribution in [3.05, 3.63) is 40.1 Å². The summed E-state index contributed by atoms with van der Waals surface area (Å²) in [6.07, 6.45) is 1.67. The Morgan fingerprint density at radius 1 is 1.50 bits per heavy atom. The first-order valence-electron chi connectivity index (χ1n) is 6.52. The van der Waals surface area contributed by atoms with Crippen molar-refractivity contribution >= 4 is 11.6 Å². The second-order valence-electron chi connectivity index (χ2n) is 4.68. The van der Waals surface area contributed by atoms with E-state index in [1.807, 2.05) is 31.6 Å². The van der Waals surface area contributed by atoms with Gasteiger partial charge in [-0.2, -0.15) is 5.10 Å². The van der Waals surface area contributed by atoms with E-state index in [2.05, 4.69) is 10.4 Å². The molecule has 5 nitrogen and oxygen atoms in total. The minimum Gasteiger partial charge on any atom is -0.466 e. The van der Waals surface area contributed by atoms with Gasteiger partial charge in [-0.25, -0.2) is 0 Å². The third-order valence-electron chi connectivity index (χ3n) is 3.29. The minimum atomic E-state index is -0.0562. The summed E-state index contributed by atoms with van der Waals surface area (Å²) in [4.78, 5) is 0. The molecule has 0 bridgehead atoms. The van der Waals surface area contributed by atoms with Crippen LogP contribution in [0.3, 0.4) is 0 Å². The quantitative estimate of drug-likeness (QED) is 0.891. The molecule has 1 N–H and O–H groups in total. The van der Waals surface area contributed by atoms with Crippen molar-refractivity contribution < 1.29 is 9.15 Å². The molecule has 0 aromatic carbocycles. The first-order valence-corrected chi connectivity index (χ1v) is 6.90. The molecule has 0 radical (unpaired) electrons. The van der Waals surface area contributed by atoms with Gasteiger partial charge in [0.2, 0.25) is 0 Å². The summed E-state index contributed by atoms with van der Waals surface area (Å²) in [6.45, 7) is 5.14. The minimum absolute atomic E-state index is 0.0562. The van der Waals surface area contributed by atoms with Crippen LogP contribution in [0.15, 0.2) is 16.7 Å². The Balaban J connectivity index is 2.41. The highest BCUT2D eigenvalue weighted by Gasteiger charge is 2.24. The van der Waals surface area contributed by atoms with Crippen molar-refractivity contribution in [2.75, 3.05) is 20.8 Å². The number of nitrogens with zero attached hydrogens (tertiary/aromatic N) is 2. The topological polar surface area (TPSA) is 52.2 Å². The molecule has 2 heterocycles. The second kappa shape index (κ2) is 6.43. The molecule has 110 valence electrons. The fourth-order valence-corrected chi connectivity index (χ4v) is 2.64. The SMILES string of the molecule is CNC(c1cc(C)oc1C)c1c(Cl)cnn1CCOC. The number of hydrogen-bond acceptors (Lipinski definition) is 4. The van der Waals surface area contributed by atoms with E-state index >= 15 is 0 Å². The Hall–Kier alpha value is -1.30. The summed E-state index contributed by atoms with van der Waals surface area (Å²) < 4.78 is 12.6. The van der Waals surface area contributed by atoms with Crippen molar-refractivity contribution in [3.8, 4) is 0 Å². The number of aromatic nitrogens is 2. The summed E-state index contributed by atoms with van der Waals surface area (Å²) in [5, 5.41) is 8.24. The van der Waals surface area contributed by atoms with E-state index in [4.69, 9.17) is 20.8 Å². The summed E-state index contributed by atoms with van der Waals surface area (Å²) in [6, 6.07) is 1.97. The molecular formula is C14H20ClN3O2. The largest absolute Gasteiger partial charge is 0.466 e. The molecule has 0 fully saturated rings. The van der Waals surface area contributed by atoms with Gasteiger partial charge in [-0.1, -0.05) is 11.6 Å². The standard InChI is InChI=1S/C14H20ClN3O2/c1-9-7-11(10(2)20-9)13(16-3)14-12(15)8-17-18(14)5-6-19-4/h7-8,13,16H,5-6H2,1-4H3. The third kappa shape index (κ3) is 2.90. The highest BCUT2D eigenvalue weighted by Crippen LogP contribution is 2.31. The van der Waals surface area contributed by atoms with Crippen LogP contribution in [0, 0.1) is 13.8 Å². The summed E-state index contributed by atoms with van der Waals surface area (Å²) >= 11 is 6.31. The Bertz CT molecular complexity index is 577. The molecule has 0 aliphatic carbocycles. The number of halogens is 1. The predicted octanol–water partition coefficient (Wildman–Crippen LogP) is 2.70. The normalized spacial score (nSPS) is 12.8. The van der Waals surface area contributed by atoms with Crippen LogP contribution in [-0.4, -0.2) is 30.5 Å². The number of aryl methyl sites for hydroxylation is 2. The zero-order valence-corrected chi connectivity index (χ0v) is 13.0. The van der Waals surface area contributed by atoms with E-state index in [9.17, 15) is 0 Å². The van der Waals surface area contributed by atoms with Crippen LogP contribution in [0.2, 0.25) is 5.02 Å². The Labute approximate surface area is 123 Å². The number of nitrogens with one attached hydrogen (secondary N) is 1. The van der Waals surface area contributed by atoms with E-state index in [1.54, 1.807) is 13.3 Å². The second-order valence-corrected chi connectivity index (χ2v) is 5.09. The van der Waals surface area contributed by atoms with Gasteiger partial charge in [0.05, 0.1) is 36.1 Å². The van der Waals surface area contributed by atoms with Crippen LogP contribution >= 0.6 is 11.6 Å². The third-order valence-corrected chi connectivity index (χ3v) is 3.58. The van der Waals surface area contributed by atoms with Crippen LogP contribution < -0.4 is 5.32 Å². The van der Waals surface area contributed by atoms with Crippen LogP contribution in [-0.2, 0) is 11.3 Å². The van der Waals surface area contributed by atoms with E-state index in [0.717, 1.165) is 22.8 Å². The summed E-state index contributed by atoms with van der Waals surface area (Å²) in [5.74, 6) is 1.77. The van der Waals surface area contributed by atoms with Gasteiger partial charge in [0.1, 0.15) is 11.5 Å². The lowest BCUT2D eigenvalue weighted by Gasteiger charge is -2.18. The maximum absolute atomic E-state index is 6.31. The molecule has 0 amide bonds. The number of ether oxygens (including phenoxy) is 1. The van der Waals surface area contributed by atoms with Gasteiger partial charge in [-0.05, 0) is 27.0 Å². The van der Waals surface area contributed by atoms with Gasteiger partial charge in [-0.15, -0.1) is 0 Å². The first-order chi connectivity index (χ1) is 9.58. The van der Waals surface area contributed by atoms with Gasteiger partial charge in [0.25, 0.3) is 0 Å². The zero-order valence-electron chi connectivity index (χ0n) is 12.2. The van der Waals surface area contributed by atoms with Gasteiger partial charge in [0, 0.05) is 12.7 Å². The van der Waals surface area contributed by atoms with Crippen LogP contribution in [0.4, 0.5) is 0 Å². The van der Waals surface area contributed by atoms with Gasteiger partial charge in [0.15, 0.2) is 0 Å². The van der Waals surface area contributed by atoms with E-state index in [1.165, 1.54) is 0 Å². The molecular weight excluding hydrogens is 278 g/mol. The monoisotopic (exact) mass is 297 g/mol. The lowest BCUT2D eigenvalue weighted by molar-refractivity contribution is 0.182. The van der Waals surface area contributed by atoms with Crippen molar-refractivity contribution in [1.29, 1.82) is 0 Å². The smallest absolute Gasteiger partial charge is 0.106 e. The molecule has 2 aromatic rings. The van der Waals surface area contributed by atoms with Crippen LogP contribution in [0.1, 0.15) is 28.8 Å². The average Bonchev–Trinajstić information content (AvgIpc) is 2.93. The lowest BCUT2D eigenvalue weighted by Crippen LogP contribution is -2.23. The maximum Gasteiger partial charge on any atom is 0.106 e. The van der Waals surface area contributed by atoms with Crippen LogP contribution in [0.5, 0.6) is 0 Å². The Morgan fingerprint density at radius 3 is 2.80 bits per heavy atom. The summed E-state index contributed by atoms with van der Waals surface area (Å²) in [5.41, 5.74) is 2.00. The molecule has 0 aliphatic heterocycles. The number of methoxy groups -OCH3 is 1. The molecule has 0 aliphatic rings. The first kappa shape index (κ1) is 15.1. The molecule has 2 rings (SSSR count). The molecule has 1 unspecified atom stereocenters. The molecule has 0 spiro atoms. The highest BCUT2D eigenvalue weighted by molar-refractivity contribution is 6.31. The fourth-order valence-electron chi connectivity index (χ4n) is 2.39. The number of rotatable bonds is 6. The van der Waals surface area contributed by atoms with Gasteiger partial charge >= 0.3 is 0 Å².